The maximum atomic E-state index is 13.2. The van der Waals surface area contributed by atoms with Crippen LogP contribution in [-0.4, -0.2) is 52.9 Å². The van der Waals surface area contributed by atoms with Gasteiger partial charge in [-0.05, 0) is 38.3 Å². The highest BCUT2D eigenvalue weighted by Crippen LogP contribution is 2.28. The summed E-state index contributed by atoms with van der Waals surface area (Å²) in [4.78, 5) is 29.7. The van der Waals surface area contributed by atoms with Gasteiger partial charge in [0.1, 0.15) is 18.1 Å². The van der Waals surface area contributed by atoms with Gasteiger partial charge in [0.25, 0.3) is 5.91 Å². The summed E-state index contributed by atoms with van der Waals surface area (Å²) in [6.45, 7) is 6.32. The molecule has 33 heavy (non-hydrogen) atoms. The molecule has 2 fully saturated rings. The average Bonchev–Trinajstić information content (AvgIpc) is 3.18. The average molecular weight is 454 g/mol. The minimum atomic E-state index is -0.0568. The van der Waals surface area contributed by atoms with Crippen molar-refractivity contribution in [1.82, 2.24) is 15.0 Å². The first-order valence-electron chi connectivity index (χ1n) is 12.2. The molecule has 0 spiro atoms. The summed E-state index contributed by atoms with van der Waals surface area (Å²) < 4.78 is 11.2. The second-order valence-corrected chi connectivity index (χ2v) is 9.30. The molecule has 178 valence electrons. The summed E-state index contributed by atoms with van der Waals surface area (Å²) in [5.41, 5.74) is 2.24. The fourth-order valence-corrected chi connectivity index (χ4v) is 4.92. The molecule has 0 bridgehead atoms. The second kappa shape index (κ2) is 10.9. The predicted octanol–water partition coefficient (Wildman–Crippen LogP) is 4.52. The van der Waals surface area contributed by atoms with E-state index in [4.69, 9.17) is 9.26 Å². The Morgan fingerprint density at radius 2 is 1.73 bits per heavy atom. The Bertz CT molecular complexity index is 937. The first-order valence-corrected chi connectivity index (χ1v) is 12.2. The van der Waals surface area contributed by atoms with Crippen molar-refractivity contribution in [3.63, 3.8) is 0 Å². The molecule has 1 aromatic heterocycles. The van der Waals surface area contributed by atoms with Gasteiger partial charge in [0, 0.05) is 32.6 Å². The quantitative estimate of drug-likeness (QED) is 0.616. The number of carbonyl (C=O) groups excluding carboxylic acids is 2. The summed E-state index contributed by atoms with van der Waals surface area (Å²) in [5, 5.41) is 3.96. The van der Waals surface area contributed by atoms with E-state index < -0.39 is 0 Å². The number of hydrogen-bond acceptors (Lipinski definition) is 5. The van der Waals surface area contributed by atoms with Crippen LogP contribution in [0.5, 0.6) is 5.75 Å². The van der Waals surface area contributed by atoms with E-state index in [9.17, 15) is 9.59 Å². The van der Waals surface area contributed by atoms with Gasteiger partial charge < -0.3 is 19.1 Å². The zero-order chi connectivity index (χ0) is 23.2. The van der Waals surface area contributed by atoms with Crippen molar-refractivity contribution < 1.29 is 18.8 Å². The SMILES string of the molecule is Cc1noc(C)c1COc1ccccc1C(=O)N1CCN(C(=O)CCC2CCCCC2)CC1. The molecule has 0 N–H and O–H groups in total. The van der Waals surface area contributed by atoms with E-state index in [0.717, 1.165) is 23.4 Å². The minimum absolute atomic E-state index is 0.0568. The summed E-state index contributed by atoms with van der Waals surface area (Å²) in [7, 11) is 0. The number of hydrogen-bond donors (Lipinski definition) is 0. The third-order valence-corrected chi connectivity index (χ3v) is 7.08. The minimum Gasteiger partial charge on any atom is -0.488 e. The second-order valence-electron chi connectivity index (χ2n) is 9.30. The van der Waals surface area contributed by atoms with Crippen molar-refractivity contribution in [2.24, 2.45) is 5.92 Å². The Hall–Kier alpha value is -2.83. The van der Waals surface area contributed by atoms with Crippen LogP contribution < -0.4 is 4.74 Å². The van der Waals surface area contributed by atoms with Crippen LogP contribution in [0, 0.1) is 19.8 Å². The van der Waals surface area contributed by atoms with Crippen LogP contribution >= 0.6 is 0 Å². The Balaban J connectivity index is 1.30. The molecule has 1 saturated heterocycles. The number of nitrogens with zero attached hydrogens (tertiary/aromatic N) is 3. The molecule has 7 heteroatoms. The number of rotatable bonds is 7. The Kier molecular flexibility index (Phi) is 7.68. The van der Waals surface area contributed by atoms with Crippen molar-refractivity contribution in [1.29, 1.82) is 0 Å². The molecule has 1 aromatic carbocycles. The third kappa shape index (κ3) is 5.75. The molecular formula is C26H35N3O4. The molecule has 1 aliphatic heterocycles. The van der Waals surface area contributed by atoms with Gasteiger partial charge in [0.2, 0.25) is 5.91 Å². The Labute approximate surface area is 196 Å². The lowest BCUT2D eigenvalue weighted by Gasteiger charge is -2.35. The van der Waals surface area contributed by atoms with Gasteiger partial charge in [-0.3, -0.25) is 9.59 Å². The van der Waals surface area contributed by atoms with Gasteiger partial charge in [-0.1, -0.05) is 49.4 Å². The van der Waals surface area contributed by atoms with Gasteiger partial charge in [-0.2, -0.15) is 0 Å². The number of para-hydroxylation sites is 1. The fraction of sp³-hybridized carbons (Fsp3) is 0.577. The number of aromatic nitrogens is 1. The van der Waals surface area contributed by atoms with Crippen molar-refractivity contribution >= 4 is 11.8 Å². The van der Waals surface area contributed by atoms with Crippen LogP contribution in [0.15, 0.2) is 28.8 Å². The van der Waals surface area contributed by atoms with Gasteiger partial charge in [-0.25, -0.2) is 0 Å². The number of ether oxygens (including phenoxy) is 1. The number of aryl methyl sites for hydroxylation is 2. The van der Waals surface area contributed by atoms with E-state index >= 15 is 0 Å². The predicted molar refractivity (Wildman–Crippen MR) is 125 cm³/mol. The molecular weight excluding hydrogens is 418 g/mol. The lowest BCUT2D eigenvalue weighted by Crippen LogP contribution is -2.50. The molecule has 2 heterocycles. The maximum Gasteiger partial charge on any atom is 0.257 e. The fourth-order valence-electron chi connectivity index (χ4n) is 4.92. The molecule has 4 rings (SSSR count). The number of benzene rings is 1. The van der Waals surface area contributed by atoms with E-state index in [1.54, 1.807) is 6.07 Å². The first-order chi connectivity index (χ1) is 16.0. The zero-order valence-corrected chi connectivity index (χ0v) is 19.8. The molecule has 0 atom stereocenters. The molecule has 2 aromatic rings. The highest BCUT2D eigenvalue weighted by Gasteiger charge is 2.27. The number of piperazine rings is 1. The van der Waals surface area contributed by atoms with E-state index in [1.165, 1.54) is 32.1 Å². The Morgan fingerprint density at radius 1 is 1.03 bits per heavy atom. The van der Waals surface area contributed by atoms with Crippen molar-refractivity contribution in [3.8, 4) is 5.75 Å². The topological polar surface area (TPSA) is 75.9 Å². The van der Waals surface area contributed by atoms with Crippen molar-refractivity contribution in [2.45, 2.75) is 65.4 Å². The summed E-state index contributed by atoms with van der Waals surface area (Å²) in [6, 6.07) is 7.33. The van der Waals surface area contributed by atoms with E-state index in [2.05, 4.69) is 5.16 Å². The molecule has 2 aliphatic rings. The van der Waals surface area contributed by atoms with Crippen LogP contribution in [0.25, 0.3) is 0 Å². The monoisotopic (exact) mass is 453 g/mol. The summed E-state index contributed by atoms with van der Waals surface area (Å²) in [5.74, 6) is 2.16. The molecule has 0 unspecified atom stereocenters. The normalized spacial score (nSPS) is 17.3. The van der Waals surface area contributed by atoms with Crippen LogP contribution in [-0.2, 0) is 11.4 Å². The van der Waals surface area contributed by atoms with Gasteiger partial charge in [0.05, 0.1) is 16.8 Å². The van der Waals surface area contributed by atoms with Gasteiger partial charge in [-0.15, -0.1) is 0 Å². The molecule has 7 nitrogen and oxygen atoms in total. The molecule has 1 saturated carbocycles. The van der Waals surface area contributed by atoms with Gasteiger partial charge >= 0.3 is 0 Å². The molecule has 0 radical (unpaired) electrons. The molecule has 2 amide bonds. The van der Waals surface area contributed by atoms with Crippen LogP contribution in [0.2, 0.25) is 0 Å². The zero-order valence-electron chi connectivity index (χ0n) is 19.8. The number of carbonyl (C=O) groups is 2. The Morgan fingerprint density at radius 3 is 2.42 bits per heavy atom. The summed E-state index contributed by atoms with van der Waals surface area (Å²) in [6.07, 6.45) is 8.14. The third-order valence-electron chi connectivity index (χ3n) is 7.08. The lowest BCUT2D eigenvalue weighted by molar-refractivity contribution is -0.133. The lowest BCUT2D eigenvalue weighted by atomic mass is 9.86. The molecule has 1 aliphatic carbocycles. The van der Waals surface area contributed by atoms with Crippen molar-refractivity contribution in [3.05, 3.63) is 46.8 Å². The van der Waals surface area contributed by atoms with Crippen LogP contribution in [0.3, 0.4) is 0 Å². The number of amides is 2. The highest BCUT2D eigenvalue weighted by atomic mass is 16.5. The smallest absolute Gasteiger partial charge is 0.257 e. The van der Waals surface area contributed by atoms with Gasteiger partial charge in [0.15, 0.2) is 0 Å². The van der Waals surface area contributed by atoms with E-state index in [0.29, 0.717) is 56.4 Å². The summed E-state index contributed by atoms with van der Waals surface area (Å²) >= 11 is 0. The largest absolute Gasteiger partial charge is 0.488 e. The van der Waals surface area contributed by atoms with E-state index in [1.807, 2.05) is 41.8 Å². The van der Waals surface area contributed by atoms with Crippen molar-refractivity contribution in [2.75, 3.05) is 26.2 Å². The van der Waals surface area contributed by atoms with Crippen LogP contribution in [0.4, 0.5) is 0 Å². The standard InChI is InChI=1S/C26H35N3O4/c1-19-23(20(2)33-27-19)18-32-24-11-7-6-10-22(24)26(31)29-16-14-28(15-17-29)25(30)13-12-21-8-4-3-5-9-21/h6-7,10-11,21H,3-5,8-9,12-18H2,1-2H3. The first kappa shape index (κ1) is 23.3. The van der Waals surface area contributed by atoms with Crippen LogP contribution in [0.1, 0.15) is 72.3 Å². The highest BCUT2D eigenvalue weighted by molar-refractivity contribution is 5.97. The van der Waals surface area contributed by atoms with E-state index in [-0.39, 0.29) is 11.8 Å². The maximum absolute atomic E-state index is 13.2.